The smallest absolute Gasteiger partial charge is 0.121 e. The van der Waals surface area contributed by atoms with Crippen LogP contribution in [0.5, 0.6) is 0 Å². The van der Waals surface area contributed by atoms with E-state index in [9.17, 15) is 0 Å². The number of furan rings is 1. The maximum absolute atomic E-state index is 5.57. The molecule has 0 aliphatic heterocycles. The average molecular weight is 211 g/mol. The molecule has 0 unspecified atom stereocenters. The standard InChI is InChI=1S/C11H21N3O/c1-13(2)5-6-14(3)9-10-4-7-15-11(10)8-12/h4,7H,5-6,8-9,12H2,1-3H3. The van der Waals surface area contributed by atoms with Crippen molar-refractivity contribution in [3.8, 4) is 0 Å². The Kier molecular flexibility index (Phi) is 4.81. The normalized spacial score (nSPS) is 11.6. The molecule has 0 aromatic carbocycles. The third-order valence-electron chi connectivity index (χ3n) is 2.39. The van der Waals surface area contributed by atoms with Crippen LogP contribution >= 0.6 is 0 Å². The average Bonchev–Trinajstić information content (AvgIpc) is 2.62. The first-order chi connectivity index (χ1) is 7.13. The molecule has 2 N–H and O–H groups in total. The summed E-state index contributed by atoms with van der Waals surface area (Å²) in [5.74, 6) is 0.895. The van der Waals surface area contributed by atoms with E-state index in [0.717, 1.165) is 25.4 Å². The zero-order valence-electron chi connectivity index (χ0n) is 9.86. The van der Waals surface area contributed by atoms with Gasteiger partial charge in [-0.25, -0.2) is 0 Å². The molecular formula is C11H21N3O. The highest BCUT2D eigenvalue weighted by atomic mass is 16.3. The third kappa shape index (κ3) is 4.03. The highest BCUT2D eigenvalue weighted by Crippen LogP contribution is 2.11. The Balaban J connectivity index is 2.40. The second kappa shape index (κ2) is 5.90. The van der Waals surface area contributed by atoms with Gasteiger partial charge in [-0.2, -0.15) is 0 Å². The van der Waals surface area contributed by atoms with Crippen molar-refractivity contribution in [3.63, 3.8) is 0 Å². The lowest BCUT2D eigenvalue weighted by Gasteiger charge is -2.18. The fraction of sp³-hybridized carbons (Fsp3) is 0.636. The van der Waals surface area contributed by atoms with Gasteiger partial charge < -0.3 is 20.0 Å². The van der Waals surface area contributed by atoms with Crippen molar-refractivity contribution in [2.45, 2.75) is 13.1 Å². The molecular weight excluding hydrogens is 190 g/mol. The summed E-state index contributed by atoms with van der Waals surface area (Å²) in [5.41, 5.74) is 6.77. The molecule has 0 aliphatic rings. The molecule has 0 saturated carbocycles. The lowest BCUT2D eigenvalue weighted by molar-refractivity contribution is 0.274. The van der Waals surface area contributed by atoms with Crippen molar-refractivity contribution in [2.24, 2.45) is 5.73 Å². The molecule has 0 spiro atoms. The first-order valence-corrected chi connectivity index (χ1v) is 5.22. The Labute approximate surface area is 91.6 Å². The van der Waals surface area contributed by atoms with Crippen LogP contribution in [0.15, 0.2) is 16.7 Å². The van der Waals surface area contributed by atoms with Gasteiger partial charge in [0.25, 0.3) is 0 Å². The Morgan fingerprint density at radius 2 is 2.00 bits per heavy atom. The second-order valence-corrected chi connectivity index (χ2v) is 4.11. The van der Waals surface area contributed by atoms with E-state index in [1.165, 1.54) is 5.56 Å². The highest BCUT2D eigenvalue weighted by molar-refractivity contribution is 5.16. The molecule has 1 rings (SSSR count). The van der Waals surface area contributed by atoms with Gasteiger partial charge >= 0.3 is 0 Å². The monoisotopic (exact) mass is 211 g/mol. The van der Waals surface area contributed by atoms with Gasteiger partial charge in [0.1, 0.15) is 5.76 Å². The van der Waals surface area contributed by atoms with Crippen molar-refractivity contribution in [3.05, 3.63) is 23.7 Å². The van der Waals surface area contributed by atoms with Crippen LogP contribution in [0.4, 0.5) is 0 Å². The maximum Gasteiger partial charge on any atom is 0.121 e. The molecule has 4 heteroatoms. The SMILES string of the molecule is CN(C)CCN(C)Cc1ccoc1CN. The summed E-state index contributed by atoms with van der Waals surface area (Å²) >= 11 is 0. The van der Waals surface area contributed by atoms with Gasteiger partial charge in [0.15, 0.2) is 0 Å². The number of hydrogen-bond acceptors (Lipinski definition) is 4. The summed E-state index contributed by atoms with van der Waals surface area (Å²) in [6.07, 6.45) is 1.71. The number of rotatable bonds is 6. The van der Waals surface area contributed by atoms with Gasteiger partial charge in [-0.3, -0.25) is 0 Å². The van der Waals surface area contributed by atoms with Gasteiger partial charge in [-0.1, -0.05) is 0 Å². The zero-order chi connectivity index (χ0) is 11.3. The lowest BCUT2D eigenvalue weighted by atomic mass is 10.2. The van der Waals surface area contributed by atoms with Crippen LogP contribution < -0.4 is 5.73 Å². The molecule has 86 valence electrons. The van der Waals surface area contributed by atoms with E-state index < -0.39 is 0 Å². The molecule has 0 atom stereocenters. The first-order valence-electron chi connectivity index (χ1n) is 5.22. The van der Waals surface area contributed by atoms with Gasteiger partial charge in [0.2, 0.25) is 0 Å². The molecule has 4 nitrogen and oxygen atoms in total. The Hall–Kier alpha value is -0.840. The molecule has 1 aromatic heterocycles. The van der Waals surface area contributed by atoms with E-state index in [0.29, 0.717) is 6.54 Å². The van der Waals surface area contributed by atoms with Crippen LogP contribution in [-0.4, -0.2) is 44.0 Å². The van der Waals surface area contributed by atoms with Crippen LogP contribution in [0.3, 0.4) is 0 Å². The molecule has 1 heterocycles. The van der Waals surface area contributed by atoms with E-state index in [2.05, 4.69) is 30.9 Å². The lowest BCUT2D eigenvalue weighted by Crippen LogP contribution is -2.28. The van der Waals surface area contributed by atoms with Crippen LogP contribution in [-0.2, 0) is 13.1 Å². The quantitative estimate of drug-likeness (QED) is 0.753. The molecule has 0 aliphatic carbocycles. The third-order valence-corrected chi connectivity index (χ3v) is 2.39. The molecule has 15 heavy (non-hydrogen) atoms. The van der Waals surface area contributed by atoms with Gasteiger partial charge in [0, 0.05) is 25.2 Å². The second-order valence-electron chi connectivity index (χ2n) is 4.11. The van der Waals surface area contributed by atoms with Crippen LogP contribution in [0.25, 0.3) is 0 Å². The molecule has 0 fully saturated rings. The topological polar surface area (TPSA) is 45.6 Å². The number of nitrogens with zero attached hydrogens (tertiary/aromatic N) is 2. The largest absolute Gasteiger partial charge is 0.468 e. The number of nitrogens with two attached hydrogens (primary N) is 1. The summed E-state index contributed by atoms with van der Waals surface area (Å²) in [6.45, 7) is 3.48. The summed E-state index contributed by atoms with van der Waals surface area (Å²) in [6, 6.07) is 1.99. The van der Waals surface area contributed by atoms with E-state index in [-0.39, 0.29) is 0 Å². The van der Waals surface area contributed by atoms with Crippen molar-refractivity contribution in [2.75, 3.05) is 34.2 Å². The van der Waals surface area contributed by atoms with Crippen molar-refractivity contribution >= 4 is 0 Å². The Morgan fingerprint density at radius 1 is 1.27 bits per heavy atom. The van der Waals surface area contributed by atoms with Crippen molar-refractivity contribution < 1.29 is 4.42 Å². The van der Waals surface area contributed by atoms with E-state index in [1.54, 1.807) is 6.26 Å². The molecule has 0 saturated heterocycles. The minimum atomic E-state index is 0.476. The van der Waals surface area contributed by atoms with E-state index >= 15 is 0 Å². The fourth-order valence-corrected chi connectivity index (χ4v) is 1.43. The van der Waals surface area contributed by atoms with Gasteiger partial charge in [0.05, 0.1) is 12.8 Å². The van der Waals surface area contributed by atoms with Gasteiger partial charge in [-0.15, -0.1) is 0 Å². The zero-order valence-corrected chi connectivity index (χ0v) is 9.86. The predicted molar refractivity (Wildman–Crippen MR) is 61.5 cm³/mol. The van der Waals surface area contributed by atoms with Crippen molar-refractivity contribution in [1.29, 1.82) is 0 Å². The van der Waals surface area contributed by atoms with Crippen LogP contribution in [0.1, 0.15) is 11.3 Å². The molecule has 0 amide bonds. The van der Waals surface area contributed by atoms with E-state index in [1.807, 2.05) is 6.07 Å². The maximum atomic E-state index is 5.57. The Bertz CT molecular complexity index is 283. The van der Waals surface area contributed by atoms with Crippen LogP contribution in [0, 0.1) is 0 Å². The number of likely N-dealkylation sites (N-methyl/N-ethyl adjacent to an activating group) is 2. The minimum absolute atomic E-state index is 0.476. The highest BCUT2D eigenvalue weighted by Gasteiger charge is 2.07. The summed E-state index contributed by atoms with van der Waals surface area (Å²) < 4.78 is 5.28. The summed E-state index contributed by atoms with van der Waals surface area (Å²) in [7, 11) is 6.27. The summed E-state index contributed by atoms with van der Waals surface area (Å²) in [4.78, 5) is 4.44. The van der Waals surface area contributed by atoms with Crippen LogP contribution in [0.2, 0.25) is 0 Å². The minimum Gasteiger partial charge on any atom is -0.468 e. The molecule has 0 radical (unpaired) electrons. The van der Waals surface area contributed by atoms with E-state index in [4.69, 9.17) is 10.2 Å². The summed E-state index contributed by atoms with van der Waals surface area (Å²) in [5, 5.41) is 0. The first kappa shape index (κ1) is 12.2. The molecule has 0 bridgehead atoms. The van der Waals surface area contributed by atoms with Crippen molar-refractivity contribution in [1.82, 2.24) is 9.80 Å². The fourth-order valence-electron chi connectivity index (χ4n) is 1.43. The Morgan fingerprint density at radius 3 is 2.60 bits per heavy atom. The number of hydrogen-bond donors (Lipinski definition) is 1. The predicted octanol–water partition coefficient (Wildman–Crippen LogP) is 0.732. The molecule has 1 aromatic rings. The van der Waals surface area contributed by atoms with Gasteiger partial charge in [-0.05, 0) is 27.2 Å².